The summed E-state index contributed by atoms with van der Waals surface area (Å²) in [7, 11) is -2.24. The number of rotatable bonds is 6. The van der Waals surface area contributed by atoms with Gasteiger partial charge in [-0.15, -0.1) is 0 Å². The number of allylic oxidation sites excluding steroid dienone is 2. The zero-order chi connectivity index (χ0) is 23.9. The van der Waals surface area contributed by atoms with Gasteiger partial charge in [0.05, 0.1) is 23.0 Å². The van der Waals surface area contributed by atoms with E-state index in [4.69, 9.17) is 4.74 Å². The van der Waals surface area contributed by atoms with Crippen molar-refractivity contribution in [2.75, 3.05) is 17.1 Å². The maximum absolute atomic E-state index is 13.1. The van der Waals surface area contributed by atoms with Gasteiger partial charge in [0.2, 0.25) is 0 Å². The van der Waals surface area contributed by atoms with Crippen molar-refractivity contribution >= 4 is 27.1 Å². The number of methoxy groups -OCH3 is 1. The minimum atomic E-state index is -3.79. The average molecular weight is 478 g/mol. The first-order valence-electron chi connectivity index (χ1n) is 10.8. The summed E-state index contributed by atoms with van der Waals surface area (Å²) in [5, 5.41) is 14.8. The highest BCUT2D eigenvalue weighted by Crippen LogP contribution is 2.50. The van der Waals surface area contributed by atoms with Gasteiger partial charge in [-0.1, -0.05) is 24.3 Å². The molecule has 1 aliphatic carbocycles. The molecule has 0 saturated heterocycles. The number of ether oxygens (including phenoxy) is 1. The first-order chi connectivity index (χ1) is 16.4. The van der Waals surface area contributed by atoms with Crippen molar-refractivity contribution in [3.63, 3.8) is 0 Å². The fourth-order valence-corrected chi connectivity index (χ4v) is 5.87. The lowest BCUT2D eigenvalue weighted by Gasteiger charge is -2.37. The van der Waals surface area contributed by atoms with Crippen LogP contribution in [0.4, 0.5) is 17.1 Å². The van der Waals surface area contributed by atoms with E-state index in [0.717, 1.165) is 23.2 Å². The largest absolute Gasteiger partial charge is 0.497 e. The van der Waals surface area contributed by atoms with Crippen molar-refractivity contribution in [2.45, 2.75) is 23.3 Å². The third-order valence-corrected chi connectivity index (χ3v) is 7.81. The Balaban J connectivity index is 1.46. The Labute approximate surface area is 197 Å². The monoisotopic (exact) mass is 477 g/mol. The number of benzene rings is 3. The highest BCUT2D eigenvalue weighted by molar-refractivity contribution is 7.92. The molecule has 8 nitrogen and oxygen atoms in total. The minimum Gasteiger partial charge on any atom is -0.497 e. The number of fused-ring (bicyclic) bond motifs is 3. The van der Waals surface area contributed by atoms with Crippen LogP contribution in [0.1, 0.15) is 29.5 Å². The van der Waals surface area contributed by atoms with Gasteiger partial charge in [0.25, 0.3) is 15.7 Å². The van der Waals surface area contributed by atoms with Gasteiger partial charge >= 0.3 is 0 Å². The molecule has 0 spiro atoms. The second kappa shape index (κ2) is 8.49. The summed E-state index contributed by atoms with van der Waals surface area (Å²) < 4.78 is 33.9. The van der Waals surface area contributed by atoms with E-state index in [1.54, 1.807) is 61.7 Å². The highest BCUT2D eigenvalue weighted by Gasteiger charge is 2.38. The molecule has 3 unspecified atom stereocenters. The molecule has 3 aromatic carbocycles. The Morgan fingerprint density at radius 2 is 1.88 bits per heavy atom. The third kappa shape index (κ3) is 3.99. The van der Waals surface area contributed by atoms with Crippen molar-refractivity contribution in [3.8, 4) is 5.75 Å². The molecular formula is C25H23N3O5S. The minimum absolute atomic E-state index is 0.0108. The molecular weight excluding hydrogens is 454 g/mol. The molecule has 0 amide bonds. The van der Waals surface area contributed by atoms with E-state index in [1.807, 2.05) is 6.07 Å². The normalized spacial score (nSPS) is 20.7. The summed E-state index contributed by atoms with van der Waals surface area (Å²) in [6.07, 6.45) is 4.99. The van der Waals surface area contributed by atoms with Crippen LogP contribution in [0.5, 0.6) is 5.75 Å². The zero-order valence-corrected chi connectivity index (χ0v) is 19.2. The SMILES string of the molecule is COc1ccc(NS(=O)(=O)c2ccc3c(c2)C2C=CCC2C(c2cccc([N+](=O)[O-])c2)N3)cc1. The molecule has 0 saturated carbocycles. The number of hydrogen-bond donors (Lipinski definition) is 2. The predicted molar refractivity (Wildman–Crippen MR) is 130 cm³/mol. The number of nitrogens with zero attached hydrogens (tertiary/aromatic N) is 1. The maximum Gasteiger partial charge on any atom is 0.269 e. The molecule has 1 heterocycles. The topological polar surface area (TPSA) is 111 Å². The van der Waals surface area contributed by atoms with Crippen LogP contribution in [-0.2, 0) is 10.0 Å². The van der Waals surface area contributed by atoms with E-state index in [1.165, 1.54) is 6.07 Å². The smallest absolute Gasteiger partial charge is 0.269 e. The first-order valence-corrected chi connectivity index (χ1v) is 12.3. The summed E-state index contributed by atoms with van der Waals surface area (Å²) >= 11 is 0. The van der Waals surface area contributed by atoms with E-state index >= 15 is 0 Å². The molecule has 174 valence electrons. The fourth-order valence-electron chi connectivity index (χ4n) is 4.77. The zero-order valence-electron chi connectivity index (χ0n) is 18.3. The van der Waals surface area contributed by atoms with Crippen molar-refractivity contribution in [2.24, 2.45) is 5.92 Å². The molecule has 0 radical (unpaired) electrons. The van der Waals surface area contributed by atoms with E-state index in [0.29, 0.717) is 11.4 Å². The summed E-state index contributed by atoms with van der Waals surface area (Å²) in [6, 6.07) is 18.3. The van der Waals surface area contributed by atoms with E-state index in [2.05, 4.69) is 22.2 Å². The van der Waals surface area contributed by atoms with Crippen LogP contribution >= 0.6 is 0 Å². The number of non-ortho nitro benzene ring substituents is 1. The van der Waals surface area contributed by atoms with Gasteiger partial charge in [-0.2, -0.15) is 0 Å². The van der Waals surface area contributed by atoms with Gasteiger partial charge in [-0.25, -0.2) is 8.42 Å². The van der Waals surface area contributed by atoms with E-state index < -0.39 is 14.9 Å². The Morgan fingerprint density at radius 1 is 1.09 bits per heavy atom. The Hall–Kier alpha value is -3.85. The Kier molecular flexibility index (Phi) is 5.49. The molecule has 2 aliphatic rings. The van der Waals surface area contributed by atoms with Gasteiger partial charge in [0.1, 0.15) is 5.75 Å². The van der Waals surface area contributed by atoms with Crippen LogP contribution in [0.25, 0.3) is 0 Å². The summed E-state index contributed by atoms with van der Waals surface area (Å²) in [4.78, 5) is 11.0. The van der Waals surface area contributed by atoms with Crippen molar-refractivity contribution in [3.05, 3.63) is 100 Å². The molecule has 0 bridgehead atoms. The first kappa shape index (κ1) is 22.0. The van der Waals surface area contributed by atoms with E-state index in [-0.39, 0.29) is 28.5 Å². The van der Waals surface area contributed by atoms with Gasteiger partial charge in [0, 0.05) is 29.4 Å². The molecule has 9 heteroatoms. The molecule has 2 N–H and O–H groups in total. The van der Waals surface area contributed by atoms with Crippen molar-refractivity contribution in [1.82, 2.24) is 0 Å². The predicted octanol–water partition coefficient (Wildman–Crippen LogP) is 5.23. The molecule has 3 atom stereocenters. The highest BCUT2D eigenvalue weighted by atomic mass is 32.2. The molecule has 1 aliphatic heterocycles. The molecule has 34 heavy (non-hydrogen) atoms. The van der Waals surface area contributed by atoms with Crippen molar-refractivity contribution in [1.29, 1.82) is 0 Å². The average Bonchev–Trinajstić information content (AvgIpc) is 3.34. The third-order valence-electron chi connectivity index (χ3n) is 6.43. The Bertz CT molecular complexity index is 1390. The quantitative estimate of drug-likeness (QED) is 0.286. The second-order valence-corrected chi connectivity index (χ2v) is 10.1. The molecule has 5 rings (SSSR count). The summed E-state index contributed by atoms with van der Waals surface area (Å²) in [5.74, 6) is 0.777. The number of nitro groups is 1. The van der Waals surface area contributed by atoms with Gasteiger partial charge in [-0.05, 0) is 65.9 Å². The number of anilines is 2. The number of nitro benzene ring substituents is 1. The summed E-state index contributed by atoms with van der Waals surface area (Å²) in [5.41, 5.74) is 3.07. The molecule has 0 fully saturated rings. The van der Waals surface area contributed by atoms with Gasteiger partial charge in [-0.3, -0.25) is 14.8 Å². The lowest BCUT2D eigenvalue weighted by Crippen LogP contribution is -2.29. The fraction of sp³-hybridized carbons (Fsp3) is 0.200. The number of nitrogens with one attached hydrogen (secondary N) is 2. The summed E-state index contributed by atoms with van der Waals surface area (Å²) in [6.45, 7) is 0. The number of sulfonamides is 1. The lowest BCUT2D eigenvalue weighted by atomic mass is 9.77. The van der Waals surface area contributed by atoms with Crippen LogP contribution in [0.15, 0.2) is 83.8 Å². The van der Waals surface area contributed by atoms with Gasteiger partial charge < -0.3 is 10.1 Å². The van der Waals surface area contributed by atoms with Crippen molar-refractivity contribution < 1.29 is 18.1 Å². The number of hydrogen-bond acceptors (Lipinski definition) is 6. The molecule has 3 aromatic rings. The van der Waals surface area contributed by atoms with Crippen LogP contribution in [0.3, 0.4) is 0 Å². The lowest BCUT2D eigenvalue weighted by molar-refractivity contribution is -0.384. The van der Waals surface area contributed by atoms with Crippen LogP contribution < -0.4 is 14.8 Å². The van der Waals surface area contributed by atoms with Crippen LogP contribution in [-0.4, -0.2) is 20.5 Å². The van der Waals surface area contributed by atoms with Crippen LogP contribution in [0, 0.1) is 16.0 Å². The standard InChI is InChI=1S/C25H23N3O5S/c1-33-19-10-8-17(9-11-19)27-34(31,32)20-12-13-24-23(15-20)21-6-3-7-22(21)25(26-24)16-4-2-5-18(14-16)28(29)30/h2-6,8-15,21-22,25-27H,7H2,1H3. The maximum atomic E-state index is 13.1. The Morgan fingerprint density at radius 3 is 2.62 bits per heavy atom. The molecule has 0 aromatic heterocycles. The second-order valence-electron chi connectivity index (χ2n) is 8.41. The van der Waals surface area contributed by atoms with E-state index in [9.17, 15) is 18.5 Å². The van der Waals surface area contributed by atoms with Gasteiger partial charge in [0.15, 0.2) is 0 Å². The van der Waals surface area contributed by atoms with Crippen LogP contribution in [0.2, 0.25) is 0 Å².